The average molecular weight is 454 g/mol. The molecule has 2 rings (SSSR count). The van der Waals surface area contributed by atoms with Gasteiger partial charge in [0.15, 0.2) is 0 Å². The topological polar surface area (TPSA) is 121 Å². The third-order valence-electron chi connectivity index (χ3n) is 4.62. The van der Waals surface area contributed by atoms with Crippen molar-refractivity contribution in [2.24, 2.45) is 0 Å². The van der Waals surface area contributed by atoms with E-state index in [-0.39, 0.29) is 12.2 Å². The van der Waals surface area contributed by atoms with E-state index in [1.54, 1.807) is 18.2 Å². The Kier molecular flexibility index (Phi) is 8.02. The lowest BCUT2D eigenvalue weighted by Crippen LogP contribution is -2.44. The van der Waals surface area contributed by atoms with Crippen molar-refractivity contribution in [3.8, 4) is 5.75 Å². The summed E-state index contributed by atoms with van der Waals surface area (Å²) in [5.41, 5.74) is 2.43. The van der Waals surface area contributed by atoms with Gasteiger partial charge < -0.3 is 14.5 Å². The van der Waals surface area contributed by atoms with Crippen LogP contribution in [0.3, 0.4) is 0 Å². The molecule has 7 nitrogen and oxygen atoms in total. The minimum atomic E-state index is -5.45. The fourth-order valence-corrected chi connectivity index (χ4v) is 5.47. The highest BCUT2D eigenvalue weighted by Gasteiger charge is 2.60. The molecule has 1 atom stereocenters. The third-order valence-corrected chi connectivity index (χ3v) is 8.32. The Bertz CT molecular complexity index is 1020. The van der Waals surface area contributed by atoms with Crippen molar-refractivity contribution in [1.29, 1.82) is 0 Å². The normalized spacial score (nSPS) is 14.0. The van der Waals surface area contributed by atoms with Crippen LogP contribution in [-0.2, 0) is 27.5 Å². The monoisotopic (exact) mass is 454 g/mol. The van der Waals surface area contributed by atoms with Gasteiger partial charge in [-0.3, -0.25) is 9.12 Å². The first-order valence-electron chi connectivity index (χ1n) is 9.43. The van der Waals surface area contributed by atoms with Crippen molar-refractivity contribution < 1.29 is 32.1 Å². The molecule has 1 unspecified atom stereocenters. The maximum absolute atomic E-state index is 12.3. The molecule has 164 valence electrons. The number of benzene rings is 2. The molecule has 2 aromatic rings. The molecule has 0 aliphatic heterocycles. The Morgan fingerprint density at radius 3 is 2.23 bits per heavy atom. The van der Waals surface area contributed by atoms with Crippen LogP contribution >= 0.6 is 7.60 Å². The molecule has 0 saturated carbocycles. The zero-order chi connectivity index (χ0) is 22.4. The number of hydrogen-bond acceptors (Lipinski definition) is 4. The van der Waals surface area contributed by atoms with Crippen molar-refractivity contribution >= 4 is 17.7 Å². The highest BCUT2D eigenvalue weighted by atomic mass is 32.2. The Balaban J connectivity index is 2.42. The van der Waals surface area contributed by atoms with Gasteiger partial charge in [0.05, 0.1) is 0 Å². The molecule has 9 heteroatoms. The zero-order valence-electron chi connectivity index (χ0n) is 16.9. The molecule has 2 aromatic carbocycles. The molecule has 0 aromatic heterocycles. The average Bonchev–Trinajstić information content (AvgIpc) is 2.65. The van der Waals surface area contributed by atoms with Gasteiger partial charge in [-0.1, -0.05) is 60.2 Å². The maximum atomic E-state index is 12.3. The quantitative estimate of drug-likeness (QED) is 0.278. The van der Waals surface area contributed by atoms with E-state index in [9.17, 15) is 27.3 Å². The Morgan fingerprint density at radius 1 is 1.07 bits per heavy atom. The van der Waals surface area contributed by atoms with Crippen molar-refractivity contribution in [1.82, 2.24) is 0 Å². The molecular weight excluding hydrogens is 427 g/mol. The van der Waals surface area contributed by atoms with Gasteiger partial charge in [-0.05, 0) is 50.3 Å². The minimum absolute atomic E-state index is 0.00402. The van der Waals surface area contributed by atoms with Gasteiger partial charge in [0.1, 0.15) is 5.75 Å². The van der Waals surface area contributed by atoms with Gasteiger partial charge in [-0.25, -0.2) is 0 Å². The molecule has 0 radical (unpaired) electrons. The Morgan fingerprint density at radius 2 is 1.67 bits per heavy atom. The highest BCUT2D eigenvalue weighted by Crippen LogP contribution is 2.57. The van der Waals surface area contributed by atoms with E-state index in [0.29, 0.717) is 18.4 Å². The molecule has 0 aliphatic carbocycles. The predicted molar refractivity (Wildman–Crippen MR) is 116 cm³/mol. The van der Waals surface area contributed by atoms with Crippen LogP contribution in [0.1, 0.15) is 37.8 Å². The van der Waals surface area contributed by atoms with Crippen molar-refractivity contribution in [2.45, 2.75) is 44.2 Å². The van der Waals surface area contributed by atoms with Crippen molar-refractivity contribution in [3.05, 3.63) is 77.4 Å². The fourth-order valence-electron chi connectivity index (χ4n) is 3.01. The lowest BCUT2D eigenvalue weighted by Gasteiger charge is -2.32. The summed E-state index contributed by atoms with van der Waals surface area (Å²) in [6.45, 7) is 3.79. The van der Waals surface area contributed by atoms with E-state index in [4.69, 9.17) is 4.74 Å². The summed E-state index contributed by atoms with van der Waals surface area (Å²) in [5.74, 6) is -0.00402. The van der Waals surface area contributed by atoms with Crippen LogP contribution in [0.25, 0.3) is 0 Å². The largest absolute Gasteiger partial charge is 0.457 e. The summed E-state index contributed by atoms with van der Waals surface area (Å²) in [6, 6.07) is 15.5. The summed E-state index contributed by atoms with van der Waals surface area (Å²) in [7, 11) is -10.7. The van der Waals surface area contributed by atoms with Gasteiger partial charge >= 0.3 is 22.4 Å². The summed E-state index contributed by atoms with van der Waals surface area (Å²) in [4.78, 5) is 19.9. The van der Waals surface area contributed by atoms with Gasteiger partial charge in [0, 0.05) is 6.42 Å². The number of para-hydroxylation sites is 1. The van der Waals surface area contributed by atoms with Crippen LogP contribution in [0, 0.1) is 0 Å². The molecule has 30 heavy (non-hydrogen) atoms. The van der Waals surface area contributed by atoms with Crippen LogP contribution in [0.15, 0.2) is 66.2 Å². The van der Waals surface area contributed by atoms with E-state index in [2.05, 4.69) is 0 Å². The van der Waals surface area contributed by atoms with E-state index >= 15 is 0 Å². The summed E-state index contributed by atoms with van der Waals surface area (Å²) < 4.78 is 49.1. The summed E-state index contributed by atoms with van der Waals surface area (Å²) in [6.07, 6.45) is 2.11. The van der Waals surface area contributed by atoms with Gasteiger partial charge in [-0.15, -0.1) is 0 Å². The highest BCUT2D eigenvalue weighted by molar-refractivity contribution is 7.94. The molecular formula is C21H27O7PS. The second kappa shape index (κ2) is 9.90. The SMILES string of the molecule is CC(C)=CCc1ccccc1OC(CCCc1ccccc1)(P(=O)(O)O)S(=O)(=O)O. The number of allylic oxidation sites excluding steroid dienone is 2. The Labute approximate surface area is 177 Å². The first-order chi connectivity index (χ1) is 14.0. The smallest absolute Gasteiger partial charge is 0.387 e. The molecule has 0 spiro atoms. The molecule has 3 N–H and O–H groups in total. The fraction of sp³-hybridized carbons (Fsp3) is 0.333. The minimum Gasteiger partial charge on any atom is -0.457 e. The standard InChI is InChI=1S/C21H27O7PS/c1-17(2)14-15-19-12-6-7-13-20(19)28-21(29(22,23)24,30(25,26)27)16-8-11-18-9-4-3-5-10-18/h3-7,9-10,12-14H,8,11,15-16H2,1-2H3,(H2,22,23,24)(H,25,26,27). The number of rotatable bonds is 10. The molecule has 0 bridgehead atoms. The second-order valence-corrected chi connectivity index (χ2v) is 11.0. The van der Waals surface area contributed by atoms with Crippen LogP contribution in [0.4, 0.5) is 0 Å². The molecule has 0 aliphatic rings. The second-order valence-electron chi connectivity index (χ2n) is 7.27. The molecule has 0 heterocycles. The van der Waals surface area contributed by atoms with Gasteiger partial charge in [-0.2, -0.15) is 8.42 Å². The van der Waals surface area contributed by atoms with Crippen LogP contribution in [-0.4, -0.2) is 27.4 Å². The van der Waals surface area contributed by atoms with Crippen molar-refractivity contribution in [2.75, 3.05) is 0 Å². The lowest BCUT2D eigenvalue weighted by atomic mass is 10.1. The zero-order valence-corrected chi connectivity index (χ0v) is 18.6. The molecule has 0 fully saturated rings. The third kappa shape index (κ3) is 6.03. The first kappa shape index (κ1) is 24.3. The number of ether oxygens (including phenoxy) is 1. The van der Waals surface area contributed by atoms with E-state index in [0.717, 1.165) is 11.1 Å². The lowest BCUT2D eigenvalue weighted by molar-refractivity contribution is 0.162. The Hall–Kier alpha value is -1.96. The van der Waals surface area contributed by atoms with Gasteiger partial charge in [0.25, 0.3) is 0 Å². The van der Waals surface area contributed by atoms with Gasteiger partial charge in [0.2, 0.25) is 0 Å². The van der Waals surface area contributed by atoms with Crippen LogP contribution < -0.4 is 4.74 Å². The van der Waals surface area contributed by atoms with Crippen molar-refractivity contribution in [3.63, 3.8) is 0 Å². The van der Waals surface area contributed by atoms with E-state index in [1.165, 1.54) is 6.07 Å². The van der Waals surface area contributed by atoms with Crippen LogP contribution in [0.5, 0.6) is 5.75 Å². The summed E-state index contributed by atoms with van der Waals surface area (Å²) in [5, 5.41) is 0. The molecule has 0 amide bonds. The van der Waals surface area contributed by atoms with Crippen LogP contribution in [0.2, 0.25) is 0 Å². The van der Waals surface area contributed by atoms with E-state index < -0.39 is 28.8 Å². The van der Waals surface area contributed by atoms with E-state index in [1.807, 2.05) is 50.3 Å². The predicted octanol–water partition coefficient (Wildman–Crippen LogP) is 4.32. The first-order valence-corrected chi connectivity index (χ1v) is 12.5. The number of aryl methyl sites for hydroxylation is 1. The maximum Gasteiger partial charge on any atom is 0.387 e. The number of hydrogen-bond donors (Lipinski definition) is 3. The molecule has 0 saturated heterocycles. The summed E-state index contributed by atoms with van der Waals surface area (Å²) >= 11 is 0.